The molecule has 0 N–H and O–H groups in total. The molecule has 0 atom stereocenters. The molecule has 0 saturated carbocycles. The van der Waals surface area contributed by atoms with E-state index in [1.165, 1.54) is 0 Å². The van der Waals surface area contributed by atoms with Gasteiger partial charge in [-0.1, -0.05) is 22.0 Å². The highest BCUT2D eigenvalue weighted by molar-refractivity contribution is 9.10. The topological polar surface area (TPSA) is 22.1 Å². The normalized spacial score (nSPS) is 10.5. The highest BCUT2D eigenvalue weighted by atomic mass is 79.9. The van der Waals surface area contributed by atoms with Gasteiger partial charge in [-0.05, 0) is 39.5 Å². The maximum absolute atomic E-state index is 5.20. The van der Waals surface area contributed by atoms with Crippen molar-refractivity contribution in [3.63, 3.8) is 0 Å². The number of pyridine rings is 1. The van der Waals surface area contributed by atoms with Gasteiger partial charge in [-0.2, -0.15) is 0 Å². The average Bonchev–Trinajstić information content (AvgIpc) is 2.17. The lowest BCUT2D eigenvalue weighted by Crippen LogP contribution is -1.89. The number of benzene rings is 1. The molecular weight excluding hydrogens is 310 g/mol. The number of nitrogens with zero attached hydrogens (tertiary/aromatic N) is 1. The molecule has 0 amide bonds. The Morgan fingerprint density at radius 3 is 2.71 bits per heavy atom. The number of fused-ring (bicyclic) bond motifs is 1. The predicted molar refractivity (Wildman–Crippen MR) is 63.7 cm³/mol. The molecule has 4 heteroatoms. The van der Waals surface area contributed by atoms with Crippen LogP contribution in [0.4, 0.5) is 0 Å². The molecule has 0 spiro atoms. The van der Waals surface area contributed by atoms with Crippen molar-refractivity contribution >= 4 is 42.6 Å². The Hall–Kier alpha value is -0.610. The first-order valence-corrected chi connectivity index (χ1v) is 5.59. The van der Waals surface area contributed by atoms with Crippen LogP contribution in [0.1, 0.15) is 0 Å². The smallest absolute Gasteiger partial charge is 0.222 e. The molecule has 72 valence electrons. The van der Waals surface area contributed by atoms with E-state index in [9.17, 15) is 0 Å². The van der Waals surface area contributed by atoms with E-state index in [1.807, 2.05) is 24.3 Å². The Morgan fingerprint density at radius 2 is 2.00 bits per heavy atom. The van der Waals surface area contributed by atoms with Crippen molar-refractivity contribution < 1.29 is 4.74 Å². The second-order valence-corrected chi connectivity index (χ2v) is 4.55. The summed E-state index contributed by atoms with van der Waals surface area (Å²) in [4.78, 5) is 4.23. The van der Waals surface area contributed by atoms with E-state index >= 15 is 0 Å². The molecular formula is C10H7Br2NO. The lowest BCUT2D eigenvalue weighted by molar-refractivity contribution is 0.402. The largest absolute Gasteiger partial charge is 0.481 e. The second-order valence-electron chi connectivity index (χ2n) is 2.82. The summed E-state index contributed by atoms with van der Waals surface area (Å²) in [6.45, 7) is 0. The Kier molecular flexibility index (Phi) is 2.74. The molecule has 1 heterocycles. The lowest BCUT2D eigenvalue weighted by atomic mass is 10.2. The van der Waals surface area contributed by atoms with Gasteiger partial charge in [0.2, 0.25) is 5.88 Å². The Balaban J connectivity index is 2.81. The van der Waals surface area contributed by atoms with E-state index in [1.54, 1.807) is 7.11 Å². The lowest BCUT2D eigenvalue weighted by Gasteiger charge is -2.05. The summed E-state index contributed by atoms with van der Waals surface area (Å²) in [5, 5.41) is 2.11. The van der Waals surface area contributed by atoms with Gasteiger partial charge >= 0.3 is 0 Å². The van der Waals surface area contributed by atoms with E-state index in [4.69, 9.17) is 4.74 Å². The van der Waals surface area contributed by atoms with Gasteiger partial charge in [-0.25, -0.2) is 4.98 Å². The molecule has 2 rings (SSSR count). The van der Waals surface area contributed by atoms with Crippen molar-refractivity contribution in [2.45, 2.75) is 0 Å². The zero-order valence-electron chi connectivity index (χ0n) is 7.42. The first-order valence-electron chi connectivity index (χ1n) is 4.00. The number of rotatable bonds is 1. The van der Waals surface area contributed by atoms with Crippen LogP contribution < -0.4 is 4.74 Å². The van der Waals surface area contributed by atoms with Crippen molar-refractivity contribution in [3.8, 4) is 5.88 Å². The first-order chi connectivity index (χ1) is 6.70. The minimum Gasteiger partial charge on any atom is -0.481 e. The number of ether oxygens (including phenoxy) is 1. The van der Waals surface area contributed by atoms with Crippen LogP contribution in [0.5, 0.6) is 5.88 Å². The molecule has 0 aliphatic heterocycles. The summed E-state index contributed by atoms with van der Waals surface area (Å²) < 4.78 is 7.00. The minimum absolute atomic E-state index is 0.635. The number of hydrogen-bond donors (Lipinski definition) is 0. The Morgan fingerprint density at radius 1 is 1.21 bits per heavy atom. The van der Waals surface area contributed by atoms with E-state index in [0.717, 1.165) is 19.8 Å². The summed E-state index contributed by atoms with van der Waals surface area (Å²) in [5.74, 6) is 0.635. The highest BCUT2D eigenvalue weighted by Crippen LogP contribution is 2.28. The third kappa shape index (κ3) is 1.77. The molecule has 1 aromatic heterocycles. The molecule has 14 heavy (non-hydrogen) atoms. The zero-order valence-corrected chi connectivity index (χ0v) is 10.6. The van der Waals surface area contributed by atoms with Gasteiger partial charge in [-0.3, -0.25) is 0 Å². The van der Waals surface area contributed by atoms with Crippen LogP contribution in [-0.2, 0) is 0 Å². The zero-order chi connectivity index (χ0) is 10.1. The fourth-order valence-corrected chi connectivity index (χ4v) is 2.08. The van der Waals surface area contributed by atoms with Crippen LogP contribution in [0.2, 0.25) is 0 Å². The summed E-state index contributed by atoms with van der Waals surface area (Å²) in [6.07, 6.45) is 0. The van der Waals surface area contributed by atoms with Crippen molar-refractivity contribution in [1.82, 2.24) is 4.98 Å². The molecule has 0 bridgehead atoms. The quantitative estimate of drug-likeness (QED) is 0.747. The van der Waals surface area contributed by atoms with Crippen LogP contribution in [0.25, 0.3) is 10.8 Å². The second kappa shape index (κ2) is 3.87. The number of methoxy groups -OCH3 is 1. The first kappa shape index (κ1) is 9.93. The fourth-order valence-electron chi connectivity index (χ4n) is 1.31. The molecule has 0 unspecified atom stereocenters. The average molecular weight is 317 g/mol. The van der Waals surface area contributed by atoms with E-state index < -0.39 is 0 Å². The van der Waals surface area contributed by atoms with Crippen LogP contribution in [0, 0.1) is 0 Å². The van der Waals surface area contributed by atoms with Gasteiger partial charge in [-0.15, -0.1) is 0 Å². The summed E-state index contributed by atoms with van der Waals surface area (Å²) >= 11 is 6.76. The molecule has 2 aromatic rings. The van der Waals surface area contributed by atoms with E-state index in [-0.39, 0.29) is 0 Å². The Bertz CT molecular complexity index is 485. The highest BCUT2D eigenvalue weighted by Gasteiger charge is 2.04. The van der Waals surface area contributed by atoms with Gasteiger partial charge in [0, 0.05) is 9.86 Å². The summed E-state index contributed by atoms with van der Waals surface area (Å²) in [7, 11) is 1.62. The number of aromatic nitrogens is 1. The monoisotopic (exact) mass is 315 g/mol. The molecule has 0 aliphatic carbocycles. The van der Waals surface area contributed by atoms with Crippen molar-refractivity contribution in [2.24, 2.45) is 0 Å². The van der Waals surface area contributed by atoms with Gasteiger partial charge in [0.25, 0.3) is 0 Å². The number of hydrogen-bond acceptors (Lipinski definition) is 2. The van der Waals surface area contributed by atoms with E-state index in [0.29, 0.717) is 5.88 Å². The molecule has 0 fully saturated rings. The molecule has 1 aromatic carbocycles. The van der Waals surface area contributed by atoms with Gasteiger partial charge < -0.3 is 4.74 Å². The molecule has 2 nitrogen and oxygen atoms in total. The van der Waals surface area contributed by atoms with Crippen molar-refractivity contribution in [2.75, 3.05) is 7.11 Å². The maximum Gasteiger partial charge on any atom is 0.222 e. The molecule has 0 radical (unpaired) electrons. The van der Waals surface area contributed by atoms with Gasteiger partial charge in [0.15, 0.2) is 0 Å². The Labute approximate surface area is 98.5 Å². The predicted octanol–water partition coefficient (Wildman–Crippen LogP) is 3.77. The number of halogens is 2. The summed E-state index contributed by atoms with van der Waals surface area (Å²) in [5.41, 5.74) is 0. The third-order valence-electron chi connectivity index (χ3n) is 1.92. The summed E-state index contributed by atoms with van der Waals surface area (Å²) in [6, 6.07) is 7.97. The van der Waals surface area contributed by atoms with Crippen LogP contribution in [0.3, 0.4) is 0 Å². The van der Waals surface area contributed by atoms with Crippen molar-refractivity contribution in [3.05, 3.63) is 33.3 Å². The standard InChI is InChI=1S/C10H7Br2NO/c1-14-10-8-5-7(11)3-2-6(8)4-9(12)13-10/h2-5H,1H3. The van der Waals surface area contributed by atoms with Crippen LogP contribution in [0.15, 0.2) is 33.3 Å². The molecule has 0 aliphatic rings. The van der Waals surface area contributed by atoms with Crippen molar-refractivity contribution in [1.29, 1.82) is 0 Å². The van der Waals surface area contributed by atoms with Crippen LogP contribution in [-0.4, -0.2) is 12.1 Å². The van der Waals surface area contributed by atoms with Gasteiger partial charge in [0.1, 0.15) is 4.60 Å². The molecule has 0 saturated heterocycles. The van der Waals surface area contributed by atoms with Crippen LogP contribution >= 0.6 is 31.9 Å². The minimum atomic E-state index is 0.635. The SMILES string of the molecule is COc1nc(Br)cc2ccc(Br)cc12. The van der Waals surface area contributed by atoms with Gasteiger partial charge in [0.05, 0.1) is 7.11 Å². The van der Waals surface area contributed by atoms with E-state index in [2.05, 4.69) is 36.8 Å². The maximum atomic E-state index is 5.20. The fraction of sp³-hybridized carbons (Fsp3) is 0.100. The third-order valence-corrected chi connectivity index (χ3v) is 2.82.